The van der Waals surface area contributed by atoms with Gasteiger partial charge in [0.1, 0.15) is 11.3 Å². The number of carbonyl (C=O) groups is 2. The van der Waals surface area contributed by atoms with E-state index >= 15 is 0 Å². The van der Waals surface area contributed by atoms with Crippen molar-refractivity contribution in [2.24, 2.45) is 0 Å². The summed E-state index contributed by atoms with van der Waals surface area (Å²) in [5, 5.41) is 3.45. The Hall–Kier alpha value is -3.38. The van der Waals surface area contributed by atoms with Gasteiger partial charge in [-0.3, -0.25) is 9.59 Å². The first kappa shape index (κ1) is 19.9. The van der Waals surface area contributed by atoms with Crippen LogP contribution in [0.3, 0.4) is 0 Å². The van der Waals surface area contributed by atoms with Gasteiger partial charge in [-0.25, -0.2) is 0 Å². The van der Waals surface area contributed by atoms with E-state index in [-0.39, 0.29) is 24.1 Å². The summed E-state index contributed by atoms with van der Waals surface area (Å²) in [6.07, 6.45) is 0. The highest BCUT2D eigenvalue weighted by atomic mass is 79.9. The predicted molar refractivity (Wildman–Crippen MR) is 119 cm³/mol. The number of nitrogens with one attached hydrogen (secondary N) is 1. The van der Waals surface area contributed by atoms with Gasteiger partial charge in [0, 0.05) is 15.4 Å². The molecule has 150 valence electrons. The van der Waals surface area contributed by atoms with Crippen LogP contribution < -0.4 is 10.1 Å². The van der Waals surface area contributed by atoms with Gasteiger partial charge in [-0.1, -0.05) is 46.3 Å². The minimum atomic E-state index is -0.380. The SMILES string of the molecule is Cc1ccccc1OCC(=O)Nc1c(C(=O)c2ccc(Br)cc2)oc2ccccc12. The minimum absolute atomic E-state index is 0.0859. The van der Waals surface area contributed by atoms with Crippen LogP contribution >= 0.6 is 15.9 Å². The molecule has 4 rings (SSSR count). The summed E-state index contributed by atoms with van der Waals surface area (Å²) < 4.78 is 12.3. The Morgan fingerprint density at radius 1 is 0.967 bits per heavy atom. The topological polar surface area (TPSA) is 68.5 Å². The van der Waals surface area contributed by atoms with E-state index < -0.39 is 0 Å². The van der Waals surface area contributed by atoms with E-state index in [9.17, 15) is 9.59 Å². The Kier molecular flexibility index (Phi) is 5.68. The number of hydrogen-bond donors (Lipinski definition) is 1. The minimum Gasteiger partial charge on any atom is -0.483 e. The zero-order valence-corrected chi connectivity index (χ0v) is 17.7. The molecule has 30 heavy (non-hydrogen) atoms. The molecule has 4 aromatic rings. The van der Waals surface area contributed by atoms with Crippen LogP contribution in [0.15, 0.2) is 81.7 Å². The molecular weight excluding hydrogens is 446 g/mol. The molecule has 0 aliphatic rings. The molecule has 0 bridgehead atoms. The van der Waals surface area contributed by atoms with E-state index in [0.717, 1.165) is 10.0 Å². The molecule has 6 heteroatoms. The van der Waals surface area contributed by atoms with Crippen molar-refractivity contribution in [3.8, 4) is 5.75 Å². The molecule has 0 saturated carbocycles. The Balaban J connectivity index is 1.61. The first-order chi connectivity index (χ1) is 14.5. The van der Waals surface area contributed by atoms with Crippen LogP contribution in [-0.4, -0.2) is 18.3 Å². The standard InChI is InChI=1S/C24H18BrNO4/c1-15-6-2-4-8-19(15)29-14-21(27)26-22-18-7-3-5-9-20(18)30-24(22)23(28)16-10-12-17(25)13-11-16/h2-13H,14H2,1H3,(H,26,27). The maximum atomic E-state index is 13.1. The van der Waals surface area contributed by atoms with Gasteiger partial charge >= 0.3 is 0 Å². The maximum Gasteiger partial charge on any atom is 0.262 e. The second-order valence-corrected chi connectivity index (χ2v) is 7.66. The quantitative estimate of drug-likeness (QED) is 0.369. The summed E-state index contributed by atoms with van der Waals surface area (Å²) in [6, 6.07) is 21.6. The number of carbonyl (C=O) groups excluding carboxylic acids is 2. The molecule has 0 radical (unpaired) electrons. The van der Waals surface area contributed by atoms with Crippen molar-refractivity contribution in [2.75, 3.05) is 11.9 Å². The predicted octanol–water partition coefficient (Wildman–Crippen LogP) is 5.75. The summed E-state index contributed by atoms with van der Waals surface area (Å²) in [6.45, 7) is 1.72. The van der Waals surface area contributed by atoms with Crippen molar-refractivity contribution in [2.45, 2.75) is 6.92 Å². The normalized spacial score (nSPS) is 10.7. The number of halogens is 1. The average molecular weight is 464 g/mol. The third kappa shape index (κ3) is 4.14. The van der Waals surface area contributed by atoms with E-state index in [1.54, 1.807) is 42.5 Å². The van der Waals surface area contributed by atoms with Crippen molar-refractivity contribution in [3.05, 3.63) is 94.2 Å². The molecule has 0 spiro atoms. The fourth-order valence-corrected chi connectivity index (χ4v) is 3.36. The number of fused-ring (bicyclic) bond motifs is 1. The van der Waals surface area contributed by atoms with Gasteiger partial charge in [0.25, 0.3) is 5.91 Å². The molecule has 0 saturated heterocycles. The lowest BCUT2D eigenvalue weighted by molar-refractivity contribution is -0.118. The molecule has 1 aromatic heterocycles. The number of para-hydroxylation sites is 2. The smallest absolute Gasteiger partial charge is 0.262 e. The molecule has 0 unspecified atom stereocenters. The summed E-state index contributed by atoms with van der Waals surface area (Å²) in [7, 11) is 0. The summed E-state index contributed by atoms with van der Waals surface area (Å²) in [5.74, 6) is 0.0297. The van der Waals surface area contributed by atoms with Crippen LogP contribution in [0.2, 0.25) is 0 Å². The van der Waals surface area contributed by atoms with Gasteiger partial charge < -0.3 is 14.5 Å². The molecule has 0 fully saturated rings. The molecule has 0 aliphatic carbocycles. The number of hydrogen-bond acceptors (Lipinski definition) is 4. The summed E-state index contributed by atoms with van der Waals surface area (Å²) in [4.78, 5) is 25.7. The van der Waals surface area contributed by atoms with Crippen LogP contribution in [0.1, 0.15) is 21.7 Å². The number of rotatable bonds is 6. The zero-order chi connectivity index (χ0) is 21.1. The first-order valence-corrected chi connectivity index (χ1v) is 10.1. The number of amides is 1. The lowest BCUT2D eigenvalue weighted by Gasteiger charge is -2.09. The average Bonchev–Trinajstić information content (AvgIpc) is 3.11. The number of furan rings is 1. The lowest BCUT2D eigenvalue weighted by atomic mass is 10.1. The Morgan fingerprint density at radius 2 is 1.67 bits per heavy atom. The van der Waals surface area contributed by atoms with Gasteiger partial charge in [-0.05, 0) is 55.0 Å². The van der Waals surface area contributed by atoms with E-state index in [2.05, 4.69) is 21.2 Å². The van der Waals surface area contributed by atoms with E-state index in [0.29, 0.717) is 28.0 Å². The fourth-order valence-electron chi connectivity index (χ4n) is 3.10. The highest BCUT2D eigenvalue weighted by molar-refractivity contribution is 9.10. The first-order valence-electron chi connectivity index (χ1n) is 9.33. The Bertz CT molecular complexity index is 1230. The molecule has 3 aromatic carbocycles. The maximum absolute atomic E-state index is 13.1. The third-order valence-corrected chi connectivity index (χ3v) is 5.15. The highest BCUT2D eigenvalue weighted by Gasteiger charge is 2.23. The van der Waals surface area contributed by atoms with Crippen molar-refractivity contribution >= 4 is 44.3 Å². The van der Waals surface area contributed by atoms with E-state index in [4.69, 9.17) is 9.15 Å². The number of anilines is 1. The molecule has 1 amide bonds. The van der Waals surface area contributed by atoms with E-state index in [1.165, 1.54) is 0 Å². The van der Waals surface area contributed by atoms with Crippen LogP contribution in [0.25, 0.3) is 11.0 Å². The lowest BCUT2D eigenvalue weighted by Crippen LogP contribution is -2.21. The summed E-state index contributed by atoms with van der Waals surface area (Å²) >= 11 is 3.36. The van der Waals surface area contributed by atoms with Crippen LogP contribution in [0.4, 0.5) is 5.69 Å². The monoisotopic (exact) mass is 463 g/mol. The number of ether oxygens (including phenoxy) is 1. The second kappa shape index (κ2) is 8.55. The summed E-state index contributed by atoms with van der Waals surface area (Å²) in [5.41, 5.74) is 2.26. The fraction of sp³-hybridized carbons (Fsp3) is 0.0833. The van der Waals surface area contributed by atoms with Crippen LogP contribution in [0, 0.1) is 6.92 Å². The second-order valence-electron chi connectivity index (χ2n) is 6.74. The Labute approximate surface area is 181 Å². The van der Waals surface area contributed by atoms with Gasteiger partial charge in [-0.2, -0.15) is 0 Å². The molecule has 1 heterocycles. The number of benzene rings is 3. The van der Waals surface area contributed by atoms with Gasteiger partial charge in [-0.15, -0.1) is 0 Å². The molecule has 1 N–H and O–H groups in total. The molecule has 0 atom stereocenters. The molecule has 0 aliphatic heterocycles. The largest absolute Gasteiger partial charge is 0.483 e. The Morgan fingerprint density at radius 3 is 2.43 bits per heavy atom. The third-order valence-electron chi connectivity index (χ3n) is 4.62. The van der Waals surface area contributed by atoms with Gasteiger partial charge in [0.2, 0.25) is 5.78 Å². The zero-order valence-electron chi connectivity index (χ0n) is 16.1. The van der Waals surface area contributed by atoms with Crippen molar-refractivity contribution in [3.63, 3.8) is 0 Å². The molecule has 5 nitrogen and oxygen atoms in total. The highest BCUT2D eigenvalue weighted by Crippen LogP contribution is 2.32. The number of aryl methyl sites for hydroxylation is 1. The number of ketones is 1. The van der Waals surface area contributed by atoms with Crippen molar-refractivity contribution in [1.82, 2.24) is 0 Å². The van der Waals surface area contributed by atoms with Crippen LogP contribution in [0.5, 0.6) is 5.75 Å². The molecular formula is C24H18BrNO4. The van der Waals surface area contributed by atoms with E-state index in [1.807, 2.05) is 37.3 Å². The van der Waals surface area contributed by atoms with Gasteiger partial charge in [0.15, 0.2) is 12.4 Å². The van der Waals surface area contributed by atoms with Crippen LogP contribution in [-0.2, 0) is 4.79 Å². The van der Waals surface area contributed by atoms with Crippen molar-refractivity contribution in [1.29, 1.82) is 0 Å². The van der Waals surface area contributed by atoms with Gasteiger partial charge in [0.05, 0.1) is 5.69 Å². The van der Waals surface area contributed by atoms with Crippen molar-refractivity contribution < 1.29 is 18.7 Å².